The third kappa shape index (κ3) is 4.28. The molecule has 130 valence electrons. The van der Waals surface area contributed by atoms with E-state index >= 15 is 0 Å². The molecule has 0 amide bonds. The minimum absolute atomic E-state index is 0.474. The fourth-order valence-electron chi connectivity index (χ4n) is 2.33. The molecule has 0 aliphatic heterocycles. The molecular weight excluding hydrogens is 338 g/mol. The van der Waals surface area contributed by atoms with E-state index in [-0.39, 0.29) is 0 Å². The van der Waals surface area contributed by atoms with Crippen LogP contribution >= 0.6 is 11.6 Å². The maximum Gasteiger partial charge on any atom is 0.157 e. The van der Waals surface area contributed by atoms with Crippen LogP contribution in [0.2, 0.25) is 5.02 Å². The molecule has 25 heavy (non-hydrogen) atoms. The van der Waals surface area contributed by atoms with Gasteiger partial charge in [-0.1, -0.05) is 36.2 Å². The van der Waals surface area contributed by atoms with E-state index in [0.29, 0.717) is 29.7 Å². The Hall–Kier alpha value is -2.60. The Labute approximate surface area is 151 Å². The summed E-state index contributed by atoms with van der Waals surface area (Å²) in [5.41, 5.74) is 3.05. The van der Waals surface area contributed by atoms with E-state index in [2.05, 4.69) is 39.4 Å². The van der Waals surface area contributed by atoms with Crippen molar-refractivity contribution in [2.24, 2.45) is 0 Å². The summed E-state index contributed by atoms with van der Waals surface area (Å²) in [4.78, 5) is 8.30. The number of benzene rings is 1. The molecule has 0 radical (unpaired) electrons. The molecule has 3 aromatic rings. The number of aromatic nitrogens is 4. The quantitative estimate of drug-likeness (QED) is 0.653. The molecule has 1 N–H and O–H groups in total. The zero-order valence-corrected chi connectivity index (χ0v) is 15.0. The van der Waals surface area contributed by atoms with Crippen molar-refractivity contribution in [3.8, 4) is 11.4 Å². The zero-order valence-electron chi connectivity index (χ0n) is 14.2. The van der Waals surface area contributed by atoms with E-state index in [1.807, 2.05) is 25.3 Å². The maximum absolute atomic E-state index is 6.25. The van der Waals surface area contributed by atoms with Gasteiger partial charge in [-0.15, -0.1) is 0 Å². The van der Waals surface area contributed by atoms with Crippen LogP contribution in [0, 0.1) is 6.92 Å². The first-order valence-electron chi connectivity index (χ1n) is 8.15. The number of hydrogen-bond donors (Lipinski definition) is 1. The number of nitrogens with zero attached hydrogens (tertiary/aromatic N) is 4. The maximum atomic E-state index is 6.25. The molecule has 6 nitrogen and oxygen atoms in total. The second kappa shape index (κ2) is 7.98. The molecule has 0 saturated carbocycles. The lowest BCUT2D eigenvalue weighted by molar-refractivity contribution is 0.332. The van der Waals surface area contributed by atoms with Gasteiger partial charge in [0.1, 0.15) is 23.8 Å². The SMILES string of the molecule is CCc1ncnc(NCCOc2cnn(-c3ccc(C)cc3)c2)c1Cl. The predicted octanol–water partition coefficient (Wildman–Crippen LogP) is 3.68. The second-order valence-electron chi connectivity index (χ2n) is 5.57. The van der Waals surface area contributed by atoms with Crippen LogP contribution in [0.5, 0.6) is 5.75 Å². The molecule has 7 heteroatoms. The largest absolute Gasteiger partial charge is 0.488 e. The molecule has 0 aliphatic carbocycles. The third-order valence-electron chi connectivity index (χ3n) is 3.72. The van der Waals surface area contributed by atoms with Crippen LogP contribution in [0.25, 0.3) is 5.69 Å². The number of nitrogens with one attached hydrogen (secondary N) is 1. The molecule has 0 atom stereocenters. The first-order valence-corrected chi connectivity index (χ1v) is 8.53. The Morgan fingerprint density at radius 3 is 2.76 bits per heavy atom. The average molecular weight is 358 g/mol. The number of halogens is 1. The molecule has 0 unspecified atom stereocenters. The molecule has 2 heterocycles. The lowest BCUT2D eigenvalue weighted by Crippen LogP contribution is -2.13. The van der Waals surface area contributed by atoms with Crippen LogP contribution in [-0.4, -0.2) is 32.9 Å². The predicted molar refractivity (Wildman–Crippen MR) is 98.7 cm³/mol. The monoisotopic (exact) mass is 357 g/mol. The number of anilines is 1. The summed E-state index contributed by atoms with van der Waals surface area (Å²) in [6.45, 7) is 5.12. The van der Waals surface area contributed by atoms with E-state index < -0.39 is 0 Å². The molecule has 0 bridgehead atoms. The van der Waals surface area contributed by atoms with E-state index in [1.54, 1.807) is 10.9 Å². The Kier molecular flexibility index (Phi) is 5.50. The molecule has 0 saturated heterocycles. The Bertz CT molecular complexity index is 832. The fourth-order valence-corrected chi connectivity index (χ4v) is 2.63. The van der Waals surface area contributed by atoms with E-state index in [4.69, 9.17) is 16.3 Å². The van der Waals surface area contributed by atoms with Crippen molar-refractivity contribution in [1.82, 2.24) is 19.7 Å². The molecule has 0 spiro atoms. The standard InChI is InChI=1S/C18H20ClN5O/c1-3-16-17(19)18(22-12-21-16)20-8-9-25-15-10-23-24(11-15)14-6-4-13(2)5-7-14/h4-7,10-12H,3,8-9H2,1-2H3,(H,20,21,22). The van der Waals surface area contributed by atoms with Crippen molar-refractivity contribution in [2.75, 3.05) is 18.5 Å². The average Bonchev–Trinajstić information content (AvgIpc) is 3.09. The van der Waals surface area contributed by atoms with E-state index in [1.165, 1.54) is 11.9 Å². The topological polar surface area (TPSA) is 64.9 Å². The highest BCUT2D eigenvalue weighted by Gasteiger charge is 2.07. The Morgan fingerprint density at radius 1 is 1.20 bits per heavy atom. The summed E-state index contributed by atoms with van der Waals surface area (Å²) in [6.07, 6.45) is 5.84. The van der Waals surface area contributed by atoms with Gasteiger partial charge in [0.15, 0.2) is 5.75 Å². The summed E-state index contributed by atoms with van der Waals surface area (Å²) in [5.74, 6) is 1.35. The number of rotatable bonds is 7. The van der Waals surface area contributed by atoms with Gasteiger partial charge in [-0.3, -0.25) is 0 Å². The molecule has 1 aromatic carbocycles. The Balaban J connectivity index is 1.52. The van der Waals surface area contributed by atoms with E-state index in [0.717, 1.165) is 17.8 Å². The van der Waals surface area contributed by atoms with Gasteiger partial charge in [-0.25, -0.2) is 14.6 Å². The highest BCUT2D eigenvalue weighted by Crippen LogP contribution is 2.21. The van der Waals surface area contributed by atoms with Crippen molar-refractivity contribution in [3.63, 3.8) is 0 Å². The molecule has 3 rings (SSSR count). The van der Waals surface area contributed by atoms with Gasteiger partial charge >= 0.3 is 0 Å². The minimum atomic E-state index is 0.474. The first-order chi connectivity index (χ1) is 12.2. The molecule has 0 fully saturated rings. The van der Waals surface area contributed by atoms with Crippen LogP contribution in [0.3, 0.4) is 0 Å². The van der Waals surface area contributed by atoms with Gasteiger partial charge in [0, 0.05) is 0 Å². The van der Waals surface area contributed by atoms with Crippen LogP contribution in [-0.2, 0) is 6.42 Å². The summed E-state index contributed by atoms with van der Waals surface area (Å²) < 4.78 is 7.51. The first kappa shape index (κ1) is 17.2. The van der Waals surface area contributed by atoms with Crippen LogP contribution in [0.1, 0.15) is 18.2 Å². The third-order valence-corrected chi connectivity index (χ3v) is 4.11. The number of ether oxygens (including phenoxy) is 1. The number of aryl methyl sites for hydroxylation is 2. The van der Waals surface area contributed by atoms with Gasteiger partial charge in [0.05, 0.1) is 30.3 Å². The minimum Gasteiger partial charge on any atom is -0.488 e. The van der Waals surface area contributed by atoms with Gasteiger partial charge < -0.3 is 10.1 Å². The van der Waals surface area contributed by atoms with Crippen LogP contribution in [0.15, 0.2) is 43.0 Å². The van der Waals surface area contributed by atoms with Gasteiger partial charge in [-0.05, 0) is 25.5 Å². The zero-order chi connectivity index (χ0) is 17.6. The van der Waals surface area contributed by atoms with Gasteiger partial charge in [-0.2, -0.15) is 5.10 Å². The summed E-state index contributed by atoms with van der Waals surface area (Å²) in [6, 6.07) is 8.15. The van der Waals surface area contributed by atoms with Crippen molar-refractivity contribution in [2.45, 2.75) is 20.3 Å². The van der Waals surface area contributed by atoms with Crippen molar-refractivity contribution >= 4 is 17.4 Å². The van der Waals surface area contributed by atoms with Crippen LogP contribution in [0.4, 0.5) is 5.82 Å². The van der Waals surface area contributed by atoms with Crippen molar-refractivity contribution in [1.29, 1.82) is 0 Å². The number of hydrogen-bond acceptors (Lipinski definition) is 5. The van der Waals surface area contributed by atoms with Crippen LogP contribution < -0.4 is 10.1 Å². The highest BCUT2D eigenvalue weighted by molar-refractivity contribution is 6.33. The normalized spacial score (nSPS) is 10.7. The summed E-state index contributed by atoms with van der Waals surface area (Å²) in [5, 5.41) is 8.05. The lowest BCUT2D eigenvalue weighted by Gasteiger charge is -2.09. The summed E-state index contributed by atoms with van der Waals surface area (Å²) >= 11 is 6.25. The smallest absolute Gasteiger partial charge is 0.157 e. The van der Waals surface area contributed by atoms with Crippen molar-refractivity contribution < 1.29 is 4.74 Å². The highest BCUT2D eigenvalue weighted by atomic mass is 35.5. The molecular formula is C18H20ClN5O. The van der Waals surface area contributed by atoms with Gasteiger partial charge in [0.25, 0.3) is 0 Å². The van der Waals surface area contributed by atoms with Gasteiger partial charge in [0.2, 0.25) is 0 Å². The second-order valence-corrected chi connectivity index (χ2v) is 5.95. The summed E-state index contributed by atoms with van der Waals surface area (Å²) in [7, 11) is 0. The van der Waals surface area contributed by atoms with E-state index in [9.17, 15) is 0 Å². The van der Waals surface area contributed by atoms with Crippen molar-refractivity contribution in [3.05, 3.63) is 59.3 Å². The Morgan fingerprint density at radius 2 is 2.00 bits per heavy atom. The fraction of sp³-hybridized carbons (Fsp3) is 0.278. The lowest BCUT2D eigenvalue weighted by atomic mass is 10.2. The molecule has 0 aliphatic rings. The molecule has 2 aromatic heterocycles.